The maximum absolute atomic E-state index is 9.08. The normalized spacial score (nSPS) is 10.5. The van der Waals surface area contributed by atoms with Crippen molar-refractivity contribution < 1.29 is 17.5 Å². The van der Waals surface area contributed by atoms with Gasteiger partial charge in [-0.25, -0.2) is 13.0 Å². The van der Waals surface area contributed by atoms with E-state index in [1.54, 1.807) is 0 Å². The minimum atomic E-state index is -3.92. The second kappa shape index (κ2) is 7.35. The van der Waals surface area contributed by atoms with Gasteiger partial charge in [0.05, 0.1) is 10.1 Å². The molecule has 1 aromatic heterocycles. The van der Waals surface area contributed by atoms with Crippen LogP contribution in [0.1, 0.15) is 25.3 Å². The summed E-state index contributed by atoms with van der Waals surface area (Å²) >= 11 is 0. The van der Waals surface area contributed by atoms with Crippen LogP contribution in [-0.4, -0.2) is 19.2 Å². The van der Waals surface area contributed by atoms with Crippen LogP contribution in [0.25, 0.3) is 0 Å². The number of unbranched alkanes of at least 4 members (excludes halogenated alkanes) is 1. The van der Waals surface area contributed by atoms with Crippen LogP contribution in [0, 0.1) is 0 Å². The molecule has 0 bridgehead atoms. The van der Waals surface area contributed by atoms with Gasteiger partial charge in [-0.2, -0.15) is 0 Å². The van der Waals surface area contributed by atoms with Crippen LogP contribution in [0.3, 0.4) is 0 Å². The molecule has 0 aliphatic carbocycles. The van der Waals surface area contributed by atoms with E-state index in [1.807, 2.05) is 7.05 Å². The van der Waals surface area contributed by atoms with Crippen LogP contribution in [0.2, 0.25) is 0 Å². The van der Waals surface area contributed by atoms with Crippen molar-refractivity contribution in [3.05, 3.63) is 30.1 Å². The van der Waals surface area contributed by atoms with Crippen molar-refractivity contribution in [2.24, 2.45) is 7.05 Å². The minimum Gasteiger partial charge on any atom is -0.748 e. The molecule has 1 rings (SSSR count). The van der Waals surface area contributed by atoms with Gasteiger partial charge in [-0.05, 0) is 18.4 Å². The Bertz CT molecular complexity index is 376. The topological polar surface area (TPSA) is 61.1 Å². The second-order valence-corrected chi connectivity index (χ2v) is 5.09. The number of aromatic nitrogens is 1. The Labute approximate surface area is 97.7 Å². The van der Waals surface area contributed by atoms with Gasteiger partial charge in [0.2, 0.25) is 0 Å². The minimum absolute atomic E-state index is 0.604. The van der Waals surface area contributed by atoms with E-state index in [0.717, 1.165) is 0 Å². The van der Waals surface area contributed by atoms with Crippen LogP contribution in [0.4, 0.5) is 0 Å². The van der Waals surface area contributed by atoms with E-state index in [0.29, 0.717) is 6.26 Å². The molecule has 0 saturated heterocycles. The van der Waals surface area contributed by atoms with Gasteiger partial charge >= 0.3 is 0 Å². The van der Waals surface area contributed by atoms with Gasteiger partial charge in [-0.3, -0.25) is 0 Å². The van der Waals surface area contributed by atoms with Crippen molar-refractivity contribution in [1.82, 2.24) is 0 Å². The molecule has 0 fully saturated rings. The van der Waals surface area contributed by atoms with E-state index < -0.39 is 10.1 Å². The summed E-state index contributed by atoms with van der Waals surface area (Å²) in [5.41, 5.74) is 1.45. The van der Waals surface area contributed by atoms with E-state index in [4.69, 9.17) is 13.0 Å². The zero-order valence-electron chi connectivity index (χ0n) is 10.0. The third kappa shape index (κ3) is 11.1. The fourth-order valence-electron chi connectivity index (χ4n) is 1.08. The number of hydrogen-bond acceptors (Lipinski definition) is 3. The van der Waals surface area contributed by atoms with Gasteiger partial charge in [-0.1, -0.05) is 13.3 Å². The third-order valence-electron chi connectivity index (χ3n) is 1.87. The highest BCUT2D eigenvalue weighted by Gasteiger charge is 1.93. The predicted molar refractivity (Wildman–Crippen MR) is 61.9 cm³/mol. The van der Waals surface area contributed by atoms with Crippen molar-refractivity contribution in [3.63, 3.8) is 0 Å². The molecule has 0 spiro atoms. The highest BCUT2D eigenvalue weighted by Crippen LogP contribution is 2.01. The fourth-order valence-corrected chi connectivity index (χ4v) is 1.08. The second-order valence-electron chi connectivity index (χ2n) is 3.68. The number of pyridine rings is 1. The first-order valence-corrected chi connectivity index (χ1v) is 6.99. The van der Waals surface area contributed by atoms with Crippen molar-refractivity contribution in [1.29, 1.82) is 0 Å². The number of aryl methyl sites for hydroxylation is 2. The Hall–Kier alpha value is -0.940. The van der Waals surface area contributed by atoms with E-state index in [1.165, 1.54) is 24.8 Å². The van der Waals surface area contributed by atoms with Gasteiger partial charge in [0.15, 0.2) is 12.4 Å². The van der Waals surface area contributed by atoms with Crippen LogP contribution in [-0.2, 0) is 23.6 Å². The van der Waals surface area contributed by atoms with Crippen LogP contribution < -0.4 is 4.57 Å². The largest absolute Gasteiger partial charge is 0.748 e. The first kappa shape index (κ1) is 15.1. The predicted octanol–water partition coefficient (Wildman–Crippen LogP) is 1.02. The lowest BCUT2D eigenvalue weighted by molar-refractivity contribution is -0.671. The summed E-state index contributed by atoms with van der Waals surface area (Å²) in [6.45, 7) is 2.23. The summed E-state index contributed by atoms with van der Waals surface area (Å²) in [7, 11) is -1.87. The SMILES string of the molecule is CCCCc1cc[n+](C)cc1.CS(=O)(=O)[O-]. The molecular weight excluding hydrogens is 226 g/mol. The van der Waals surface area contributed by atoms with E-state index >= 15 is 0 Å². The smallest absolute Gasteiger partial charge is 0.168 e. The highest BCUT2D eigenvalue weighted by molar-refractivity contribution is 7.84. The maximum Gasteiger partial charge on any atom is 0.168 e. The van der Waals surface area contributed by atoms with Crippen molar-refractivity contribution >= 4 is 10.1 Å². The summed E-state index contributed by atoms with van der Waals surface area (Å²) in [6, 6.07) is 4.38. The molecule has 1 heterocycles. The van der Waals surface area contributed by atoms with E-state index in [2.05, 4.69) is 36.0 Å². The molecule has 0 N–H and O–H groups in total. The van der Waals surface area contributed by atoms with Crippen molar-refractivity contribution in [2.75, 3.05) is 6.26 Å². The van der Waals surface area contributed by atoms with Gasteiger partial charge in [0, 0.05) is 18.4 Å². The molecule has 0 aliphatic heterocycles. The zero-order valence-corrected chi connectivity index (χ0v) is 10.8. The van der Waals surface area contributed by atoms with Gasteiger partial charge < -0.3 is 4.55 Å². The number of nitrogens with zero attached hydrogens (tertiary/aromatic N) is 1. The molecule has 0 atom stereocenters. The standard InChI is InChI=1S/C10H16N.CH4O3S/c1-3-4-5-10-6-8-11(2)9-7-10;1-5(2,3)4/h6-9H,3-5H2,1-2H3;1H3,(H,2,3,4)/q+1;/p-1. The van der Waals surface area contributed by atoms with E-state index in [9.17, 15) is 0 Å². The van der Waals surface area contributed by atoms with Crippen LogP contribution >= 0.6 is 0 Å². The molecule has 0 saturated carbocycles. The molecule has 0 radical (unpaired) electrons. The molecule has 0 amide bonds. The quantitative estimate of drug-likeness (QED) is 0.590. The molecule has 0 aromatic carbocycles. The zero-order chi connectivity index (χ0) is 12.6. The monoisotopic (exact) mass is 245 g/mol. The summed E-state index contributed by atoms with van der Waals surface area (Å²) in [4.78, 5) is 0. The summed E-state index contributed by atoms with van der Waals surface area (Å²) in [5.74, 6) is 0. The van der Waals surface area contributed by atoms with Crippen LogP contribution in [0.5, 0.6) is 0 Å². The average Bonchev–Trinajstić information content (AvgIpc) is 2.14. The Kier molecular flexibility index (Phi) is 6.92. The Balaban J connectivity index is 0.000000385. The summed E-state index contributed by atoms with van der Waals surface area (Å²) in [5, 5.41) is 0. The molecule has 1 aromatic rings. The molecule has 92 valence electrons. The maximum atomic E-state index is 9.08. The van der Waals surface area contributed by atoms with Crippen molar-refractivity contribution in [3.8, 4) is 0 Å². The first-order valence-electron chi connectivity index (χ1n) is 5.18. The lowest BCUT2D eigenvalue weighted by Crippen LogP contribution is -2.25. The van der Waals surface area contributed by atoms with Gasteiger partial charge in [0.25, 0.3) is 0 Å². The van der Waals surface area contributed by atoms with E-state index in [-0.39, 0.29) is 0 Å². The number of rotatable bonds is 3. The molecule has 4 nitrogen and oxygen atoms in total. The van der Waals surface area contributed by atoms with Gasteiger partial charge in [0.1, 0.15) is 7.05 Å². The highest BCUT2D eigenvalue weighted by atomic mass is 32.2. The van der Waals surface area contributed by atoms with Crippen LogP contribution in [0.15, 0.2) is 24.5 Å². The molecule has 5 heteroatoms. The number of hydrogen-bond donors (Lipinski definition) is 0. The summed E-state index contributed by atoms with van der Waals surface area (Å²) < 4.78 is 29.3. The Morgan fingerprint density at radius 1 is 1.31 bits per heavy atom. The molecule has 0 aliphatic rings. The lowest BCUT2D eigenvalue weighted by Gasteiger charge is -1.96. The lowest BCUT2D eigenvalue weighted by atomic mass is 10.1. The Morgan fingerprint density at radius 3 is 2.12 bits per heavy atom. The fraction of sp³-hybridized carbons (Fsp3) is 0.545. The molecule has 0 unspecified atom stereocenters. The molecule has 16 heavy (non-hydrogen) atoms. The first-order chi connectivity index (χ1) is 7.33. The average molecular weight is 245 g/mol. The summed E-state index contributed by atoms with van der Waals surface area (Å²) in [6.07, 6.45) is 8.61. The van der Waals surface area contributed by atoms with Crippen molar-refractivity contribution in [2.45, 2.75) is 26.2 Å². The third-order valence-corrected chi connectivity index (χ3v) is 1.87. The Morgan fingerprint density at radius 2 is 1.75 bits per heavy atom. The molecular formula is C11H19NO3S. The van der Waals surface area contributed by atoms with Gasteiger partial charge in [-0.15, -0.1) is 0 Å².